The van der Waals surface area contributed by atoms with Gasteiger partial charge in [0.25, 0.3) is 0 Å². The molecule has 0 amide bonds. The summed E-state index contributed by atoms with van der Waals surface area (Å²) in [6, 6.07) is 1.97. The lowest BCUT2D eigenvalue weighted by atomic mass is 10.4. The Labute approximate surface area is 86.6 Å². The van der Waals surface area contributed by atoms with Crippen molar-refractivity contribution in [3.63, 3.8) is 0 Å². The normalized spacial score (nSPS) is 14.8. The molecule has 1 heterocycles. The average Bonchev–Trinajstić information content (AvgIpc) is 2.01. The molecule has 78 valence electrons. The van der Waals surface area contributed by atoms with Gasteiger partial charge in [-0.2, -0.15) is 0 Å². The molecule has 1 aromatic heterocycles. The quantitative estimate of drug-likeness (QED) is 0.809. The van der Waals surface area contributed by atoms with Crippen LogP contribution in [0.15, 0.2) is 12.3 Å². The van der Waals surface area contributed by atoms with Crippen LogP contribution in [0.4, 0.5) is 5.82 Å². The average molecular weight is 213 g/mol. The molecule has 2 unspecified atom stereocenters. The minimum absolute atomic E-state index is 0.162. The van der Waals surface area contributed by atoms with Crippen molar-refractivity contribution in [1.82, 2.24) is 9.97 Å². The molecule has 0 aliphatic carbocycles. The van der Waals surface area contributed by atoms with E-state index in [1.807, 2.05) is 19.9 Å². The standard InChI is InChI=1S/C9H15N3OS/c1-7(6-14(3)13)11-9-4-5-10-8(2)12-9/h4-5,7H,6H2,1-3H3,(H,10,11,12). The Balaban J connectivity index is 2.55. The largest absolute Gasteiger partial charge is 0.367 e. The fraction of sp³-hybridized carbons (Fsp3) is 0.556. The van der Waals surface area contributed by atoms with Gasteiger partial charge in [0.05, 0.1) is 0 Å². The second-order valence-corrected chi connectivity index (χ2v) is 4.75. The van der Waals surface area contributed by atoms with Crippen molar-refractivity contribution in [2.45, 2.75) is 19.9 Å². The minimum atomic E-state index is -0.781. The Morgan fingerprint density at radius 3 is 2.93 bits per heavy atom. The number of rotatable bonds is 4. The maximum atomic E-state index is 10.9. The predicted octanol–water partition coefficient (Wildman–Crippen LogP) is 0.964. The molecule has 2 atom stereocenters. The second-order valence-electron chi connectivity index (χ2n) is 3.27. The third-order valence-corrected chi connectivity index (χ3v) is 2.62. The summed E-state index contributed by atoms with van der Waals surface area (Å²) in [6.45, 7) is 3.83. The number of nitrogens with zero attached hydrogens (tertiary/aromatic N) is 2. The van der Waals surface area contributed by atoms with E-state index in [0.29, 0.717) is 5.75 Å². The van der Waals surface area contributed by atoms with Crippen molar-refractivity contribution in [3.8, 4) is 0 Å². The van der Waals surface area contributed by atoms with Gasteiger partial charge < -0.3 is 5.32 Å². The zero-order chi connectivity index (χ0) is 10.6. The van der Waals surface area contributed by atoms with Crippen LogP contribution in [0, 0.1) is 6.92 Å². The molecule has 4 nitrogen and oxygen atoms in total. The molecule has 14 heavy (non-hydrogen) atoms. The Morgan fingerprint density at radius 1 is 1.64 bits per heavy atom. The molecule has 1 rings (SSSR count). The van der Waals surface area contributed by atoms with E-state index in [1.165, 1.54) is 0 Å². The highest BCUT2D eigenvalue weighted by Gasteiger charge is 2.04. The fourth-order valence-electron chi connectivity index (χ4n) is 1.18. The van der Waals surface area contributed by atoms with Gasteiger partial charge >= 0.3 is 0 Å². The van der Waals surface area contributed by atoms with Gasteiger partial charge in [-0.15, -0.1) is 0 Å². The summed E-state index contributed by atoms with van der Waals surface area (Å²) in [5.74, 6) is 2.15. The number of hydrogen-bond acceptors (Lipinski definition) is 4. The van der Waals surface area contributed by atoms with Gasteiger partial charge in [-0.25, -0.2) is 9.97 Å². The van der Waals surface area contributed by atoms with Gasteiger partial charge in [0.1, 0.15) is 11.6 Å². The van der Waals surface area contributed by atoms with E-state index >= 15 is 0 Å². The van der Waals surface area contributed by atoms with Crippen LogP contribution < -0.4 is 5.32 Å². The predicted molar refractivity (Wildman–Crippen MR) is 58.8 cm³/mol. The lowest BCUT2D eigenvalue weighted by molar-refractivity contribution is 0.683. The van der Waals surface area contributed by atoms with Gasteiger partial charge in [0.2, 0.25) is 0 Å². The monoisotopic (exact) mass is 213 g/mol. The zero-order valence-electron chi connectivity index (χ0n) is 8.65. The lowest BCUT2D eigenvalue weighted by Gasteiger charge is -2.12. The molecule has 0 aliphatic rings. The van der Waals surface area contributed by atoms with Gasteiger partial charge in [0, 0.05) is 35.0 Å². The summed E-state index contributed by atoms with van der Waals surface area (Å²) < 4.78 is 10.9. The molecule has 0 radical (unpaired) electrons. The van der Waals surface area contributed by atoms with Crippen molar-refractivity contribution in [3.05, 3.63) is 18.1 Å². The first kappa shape index (κ1) is 11.1. The minimum Gasteiger partial charge on any atom is -0.367 e. The van der Waals surface area contributed by atoms with Crippen LogP contribution in [-0.2, 0) is 10.8 Å². The maximum absolute atomic E-state index is 10.9. The van der Waals surface area contributed by atoms with Gasteiger partial charge in [-0.05, 0) is 19.9 Å². The summed E-state index contributed by atoms with van der Waals surface area (Å²) in [7, 11) is -0.781. The van der Waals surface area contributed by atoms with E-state index in [9.17, 15) is 4.21 Å². The highest BCUT2D eigenvalue weighted by atomic mass is 32.2. The first-order valence-electron chi connectivity index (χ1n) is 4.44. The molecule has 1 aromatic rings. The summed E-state index contributed by atoms with van der Waals surface area (Å²) in [5, 5.41) is 3.17. The molecule has 0 saturated carbocycles. The summed E-state index contributed by atoms with van der Waals surface area (Å²) >= 11 is 0. The molecule has 0 fully saturated rings. The van der Waals surface area contributed by atoms with Gasteiger partial charge in [0.15, 0.2) is 0 Å². The number of hydrogen-bond donors (Lipinski definition) is 1. The molecule has 1 N–H and O–H groups in total. The van der Waals surface area contributed by atoms with Crippen LogP contribution in [0.2, 0.25) is 0 Å². The zero-order valence-corrected chi connectivity index (χ0v) is 9.47. The Hall–Kier alpha value is -0.970. The summed E-state index contributed by atoms with van der Waals surface area (Å²) in [4.78, 5) is 8.20. The molecule has 0 aliphatic heterocycles. The van der Waals surface area contributed by atoms with Crippen LogP contribution in [-0.4, -0.2) is 32.2 Å². The Kier molecular flexibility index (Phi) is 4.00. The third kappa shape index (κ3) is 3.83. The lowest BCUT2D eigenvalue weighted by Crippen LogP contribution is -2.22. The molecule has 0 bridgehead atoms. The Bertz CT molecular complexity index is 330. The van der Waals surface area contributed by atoms with E-state index in [4.69, 9.17) is 0 Å². The summed E-state index contributed by atoms with van der Waals surface area (Å²) in [6.07, 6.45) is 3.41. The smallest absolute Gasteiger partial charge is 0.129 e. The van der Waals surface area contributed by atoms with Crippen molar-refractivity contribution < 1.29 is 4.21 Å². The van der Waals surface area contributed by atoms with E-state index in [2.05, 4.69) is 15.3 Å². The van der Waals surface area contributed by atoms with Gasteiger partial charge in [-0.1, -0.05) is 0 Å². The van der Waals surface area contributed by atoms with Crippen LogP contribution in [0.1, 0.15) is 12.7 Å². The Morgan fingerprint density at radius 2 is 2.36 bits per heavy atom. The molecule has 5 heteroatoms. The highest BCUT2D eigenvalue weighted by Crippen LogP contribution is 2.03. The van der Waals surface area contributed by atoms with Crippen molar-refractivity contribution >= 4 is 16.6 Å². The third-order valence-electron chi connectivity index (χ3n) is 1.66. The van der Waals surface area contributed by atoms with Crippen molar-refractivity contribution in [2.24, 2.45) is 0 Å². The van der Waals surface area contributed by atoms with E-state index in [1.54, 1.807) is 12.5 Å². The van der Waals surface area contributed by atoms with E-state index < -0.39 is 10.8 Å². The maximum Gasteiger partial charge on any atom is 0.129 e. The first-order chi connectivity index (χ1) is 6.58. The number of aryl methyl sites for hydroxylation is 1. The van der Waals surface area contributed by atoms with Crippen molar-refractivity contribution in [2.75, 3.05) is 17.3 Å². The molecular weight excluding hydrogens is 198 g/mol. The van der Waals surface area contributed by atoms with Crippen molar-refractivity contribution in [1.29, 1.82) is 0 Å². The van der Waals surface area contributed by atoms with Gasteiger partial charge in [-0.3, -0.25) is 4.21 Å². The fourth-order valence-corrected chi connectivity index (χ4v) is 1.97. The topological polar surface area (TPSA) is 54.9 Å². The van der Waals surface area contributed by atoms with E-state index in [0.717, 1.165) is 11.6 Å². The molecular formula is C9H15N3OS. The molecule has 0 aromatic carbocycles. The van der Waals surface area contributed by atoms with Crippen LogP contribution in [0.25, 0.3) is 0 Å². The second kappa shape index (κ2) is 5.05. The van der Waals surface area contributed by atoms with Crippen LogP contribution in [0.3, 0.4) is 0 Å². The SMILES string of the molecule is Cc1nccc(NC(C)CS(C)=O)n1. The molecule has 0 spiro atoms. The number of nitrogens with one attached hydrogen (secondary N) is 1. The van der Waals surface area contributed by atoms with Crippen LogP contribution in [0.5, 0.6) is 0 Å². The van der Waals surface area contributed by atoms with E-state index in [-0.39, 0.29) is 6.04 Å². The molecule has 0 saturated heterocycles. The summed E-state index contributed by atoms with van der Waals surface area (Å²) in [5.41, 5.74) is 0. The number of aromatic nitrogens is 2. The highest BCUT2D eigenvalue weighted by molar-refractivity contribution is 7.84. The number of anilines is 1. The van der Waals surface area contributed by atoms with Crippen LogP contribution >= 0.6 is 0 Å². The first-order valence-corrected chi connectivity index (χ1v) is 6.17.